The minimum absolute atomic E-state index is 0.0707. The molecule has 0 aliphatic rings. The Hall–Kier alpha value is -3.60. The number of aryl methyl sites for hydroxylation is 4. The van der Waals surface area contributed by atoms with Crippen LogP contribution < -0.4 is 10.1 Å². The van der Waals surface area contributed by atoms with E-state index in [1.54, 1.807) is 0 Å². The number of ether oxygens (including phenoxy) is 1. The van der Waals surface area contributed by atoms with E-state index in [0.29, 0.717) is 18.7 Å². The van der Waals surface area contributed by atoms with Crippen molar-refractivity contribution in [3.8, 4) is 5.75 Å². The lowest BCUT2D eigenvalue weighted by molar-refractivity contribution is 0.0949. The number of fused-ring (bicyclic) bond motifs is 1. The molecule has 5 heteroatoms. The molecule has 3 aromatic carbocycles. The zero-order valence-corrected chi connectivity index (χ0v) is 20.3. The molecule has 0 radical (unpaired) electrons. The van der Waals surface area contributed by atoms with Gasteiger partial charge in [-0.3, -0.25) is 4.79 Å². The predicted octanol–water partition coefficient (Wildman–Crippen LogP) is 6.00. The highest BCUT2D eigenvalue weighted by atomic mass is 16.5. The molecule has 0 aliphatic carbocycles. The maximum atomic E-state index is 12.8. The van der Waals surface area contributed by atoms with Gasteiger partial charge in [0.25, 0.3) is 5.91 Å². The van der Waals surface area contributed by atoms with Gasteiger partial charge >= 0.3 is 0 Å². The fraction of sp³-hybridized carbons (Fsp3) is 0.310. The van der Waals surface area contributed by atoms with Crippen LogP contribution in [0.3, 0.4) is 0 Å². The molecule has 4 aromatic rings. The Morgan fingerprint density at radius 2 is 1.79 bits per heavy atom. The minimum Gasteiger partial charge on any atom is -0.494 e. The van der Waals surface area contributed by atoms with E-state index in [1.807, 2.05) is 62.4 Å². The van der Waals surface area contributed by atoms with E-state index in [0.717, 1.165) is 59.5 Å². The molecule has 0 fully saturated rings. The summed E-state index contributed by atoms with van der Waals surface area (Å²) in [5.41, 5.74) is 6.20. The van der Waals surface area contributed by atoms with E-state index in [1.165, 1.54) is 5.56 Å². The second kappa shape index (κ2) is 11.0. The molecule has 1 N–H and O–H groups in total. The molecule has 0 aliphatic heterocycles. The lowest BCUT2D eigenvalue weighted by Crippen LogP contribution is -2.25. The topological polar surface area (TPSA) is 56.1 Å². The highest BCUT2D eigenvalue weighted by Crippen LogP contribution is 2.18. The third-order valence-corrected chi connectivity index (χ3v) is 6.14. The quantitative estimate of drug-likeness (QED) is 0.298. The van der Waals surface area contributed by atoms with Crippen molar-refractivity contribution < 1.29 is 9.53 Å². The van der Waals surface area contributed by atoms with Gasteiger partial charge < -0.3 is 14.6 Å². The van der Waals surface area contributed by atoms with Gasteiger partial charge in [0.15, 0.2) is 0 Å². The van der Waals surface area contributed by atoms with E-state index < -0.39 is 0 Å². The average molecular weight is 456 g/mol. The monoisotopic (exact) mass is 455 g/mol. The van der Waals surface area contributed by atoms with Crippen LogP contribution in [-0.4, -0.2) is 22.1 Å². The highest BCUT2D eigenvalue weighted by molar-refractivity contribution is 5.95. The van der Waals surface area contributed by atoms with Gasteiger partial charge in [-0.15, -0.1) is 0 Å². The van der Waals surface area contributed by atoms with Crippen molar-refractivity contribution in [2.24, 2.45) is 0 Å². The first-order valence-corrected chi connectivity index (χ1v) is 12.1. The number of carbonyl (C=O) groups is 1. The highest BCUT2D eigenvalue weighted by Gasteiger charge is 2.13. The summed E-state index contributed by atoms with van der Waals surface area (Å²) in [7, 11) is 0. The van der Waals surface area contributed by atoms with Gasteiger partial charge in [0.05, 0.1) is 24.2 Å². The first-order valence-electron chi connectivity index (χ1n) is 12.1. The van der Waals surface area contributed by atoms with Gasteiger partial charge in [-0.2, -0.15) is 0 Å². The molecule has 5 nitrogen and oxygen atoms in total. The van der Waals surface area contributed by atoms with Crippen LogP contribution in [0.4, 0.5) is 0 Å². The second-order valence-corrected chi connectivity index (χ2v) is 8.72. The third kappa shape index (κ3) is 5.66. The van der Waals surface area contributed by atoms with Crippen LogP contribution in [0, 0.1) is 13.8 Å². The summed E-state index contributed by atoms with van der Waals surface area (Å²) in [6.45, 7) is 8.05. The summed E-state index contributed by atoms with van der Waals surface area (Å²) in [6.07, 6.45) is 2.94. The number of benzene rings is 3. The SMILES string of the molecule is CCc1ccc(OCCCCn2c(CNC(=O)c3ccc(C)cc3C)nc3ccccc32)cc1. The molecule has 0 saturated heterocycles. The number of hydrogen-bond donors (Lipinski definition) is 1. The van der Waals surface area contributed by atoms with Crippen LogP contribution in [0.5, 0.6) is 5.75 Å². The maximum Gasteiger partial charge on any atom is 0.251 e. The molecule has 0 atom stereocenters. The molecule has 0 saturated carbocycles. The number of para-hydroxylation sites is 2. The Balaban J connectivity index is 1.37. The van der Waals surface area contributed by atoms with Crippen molar-refractivity contribution >= 4 is 16.9 Å². The smallest absolute Gasteiger partial charge is 0.251 e. The number of nitrogens with one attached hydrogen (secondary N) is 1. The summed E-state index contributed by atoms with van der Waals surface area (Å²) in [5.74, 6) is 1.72. The van der Waals surface area contributed by atoms with E-state index in [-0.39, 0.29) is 5.91 Å². The molecular formula is C29H33N3O2. The Morgan fingerprint density at radius 3 is 2.56 bits per heavy atom. The molecule has 0 spiro atoms. The van der Waals surface area contributed by atoms with E-state index in [9.17, 15) is 4.79 Å². The number of amides is 1. The number of hydrogen-bond acceptors (Lipinski definition) is 3. The summed E-state index contributed by atoms with van der Waals surface area (Å²) < 4.78 is 8.12. The van der Waals surface area contributed by atoms with Crippen LogP contribution >= 0.6 is 0 Å². The summed E-state index contributed by atoms with van der Waals surface area (Å²) in [4.78, 5) is 17.6. The summed E-state index contributed by atoms with van der Waals surface area (Å²) in [6, 6.07) is 22.3. The van der Waals surface area contributed by atoms with Crippen molar-refractivity contribution in [1.29, 1.82) is 0 Å². The molecule has 0 bridgehead atoms. The number of nitrogens with zero attached hydrogens (tertiary/aromatic N) is 2. The van der Waals surface area contributed by atoms with Gasteiger partial charge in [-0.1, -0.05) is 48.9 Å². The fourth-order valence-electron chi connectivity index (χ4n) is 4.22. The van der Waals surface area contributed by atoms with Gasteiger partial charge in [0.2, 0.25) is 0 Å². The first kappa shape index (κ1) is 23.6. The van der Waals surface area contributed by atoms with E-state index >= 15 is 0 Å². The van der Waals surface area contributed by atoms with E-state index in [2.05, 4.69) is 35.0 Å². The average Bonchev–Trinajstić information content (AvgIpc) is 3.20. The van der Waals surface area contributed by atoms with Gasteiger partial charge in [0, 0.05) is 12.1 Å². The maximum absolute atomic E-state index is 12.8. The minimum atomic E-state index is -0.0707. The lowest BCUT2D eigenvalue weighted by Gasteiger charge is -2.12. The predicted molar refractivity (Wildman–Crippen MR) is 137 cm³/mol. The van der Waals surface area contributed by atoms with Crippen LogP contribution in [0.15, 0.2) is 66.7 Å². The second-order valence-electron chi connectivity index (χ2n) is 8.72. The van der Waals surface area contributed by atoms with Crippen molar-refractivity contribution in [3.63, 3.8) is 0 Å². The first-order chi connectivity index (χ1) is 16.5. The number of imidazole rings is 1. The standard InChI is InChI=1S/C29H33N3O2/c1-4-23-12-14-24(15-13-23)34-18-8-7-17-32-27-10-6-5-9-26(27)31-28(32)20-30-29(33)25-16-11-21(2)19-22(25)3/h5-6,9-16,19H,4,7-8,17-18,20H2,1-3H3,(H,30,33). The molecule has 1 heterocycles. The molecule has 176 valence electrons. The third-order valence-electron chi connectivity index (χ3n) is 6.14. The van der Waals surface area contributed by atoms with Crippen molar-refractivity contribution in [1.82, 2.24) is 14.9 Å². The molecule has 0 unspecified atom stereocenters. The summed E-state index contributed by atoms with van der Waals surface area (Å²) >= 11 is 0. The molecule has 1 aromatic heterocycles. The van der Waals surface area contributed by atoms with Crippen molar-refractivity contribution in [2.45, 2.75) is 53.1 Å². The van der Waals surface area contributed by atoms with Gasteiger partial charge in [0.1, 0.15) is 11.6 Å². The fourth-order valence-corrected chi connectivity index (χ4v) is 4.22. The Labute approximate surface area is 201 Å². The van der Waals surface area contributed by atoms with Crippen LogP contribution in [0.2, 0.25) is 0 Å². The largest absolute Gasteiger partial charge is 0.494 e. The van der Waals surface area contributed by atoms with Crippen LogP contribution in [-0.2, 0) is 19.5 Å². The summed E-state index contributed by atoms with van der Waals surface area (Å²) in [5, 5.41) is 3.06. The Morgan fingerprint density at radius 1 is 1.00 bits per heavy atom. The van der Waals surface area contributed by atoms with Gasteiger partial charge in [-0.25, -0.2) is 4.98 Å². The number of rotatable bonds is 10. The molecule has 34 heavy (non-hydrogen) atoms. The Bertz CT molecular complexity index is 1260. The molecule has 1 amide bonds. The number of unbranched alkanes of at least 4 members (excludes halogenated alkanes) is 1. The molecule has 4 rings (SSSR count). The van der Waals surface area contributed by atoms with Crippen LogP contribution in [0.25, 0.3) is 11.0 Å². The van der Waals surface area contributed by atoms with E-state index in [4.69, 9.17) is 9.72 Å². The zero-order valence-electron chi connectivity index (χ0n) is 20.3. The van der Waals surface area contributed by atoms with Gasteiger partial charge in [-0.05, 0) is 74.6 Å². The van der Waals surface area contributed by atoms with Crippen molar-refractivity contribution in [3.05, 3.63) is 94.8 Å². The zero-order chi connectivity index (χ0) is 23.9. The normalized spacial score (nSPS) is 11.0. The Kier molecular flexibility index (Phi) is 7.63. The number of aromatic nitrogens is 2. The van der Waals surface area contributed by atoms with Crippen molar-refractivity contribution in [2.75, 3.05) is 6.61 Å². The lowest BCUT2D eigenvalue weighted by atomic mass is 10.1. The van der Waals surface area contributed by atoms with Crippen LogP contribution in [0.1, 0.15) is 52.6 Å². The molecular weight excluding hydrogens is 422 g/mol. The number of carbonyl (C=O) groups excluding carboxylic acids is 1.